The second kappa shape index (κ2) is 14.6. The average Bonchev–Trinajstić information content (AvgIpc) is 2.70. The molecule has 1 aromatic rings. The van der Waals surface area contributed by atoms with E-state index in [4.69, 9.17) is 9.47 Å². The second-order valence-electron chi connectivity index (χ2n) is 7.33. The van der Waals surface area contributed by atoms with Crippen LogP contribution in [0.25, 0.3) is 0 Å². The third-order valence-corrected chi connectivity index (χ3v) is 4.87. The summed E-state index contributed by atoms with van der Waals surface area (Å²) in [5, 5.41) is 6.49. The summed E-state index contributed by atoms with van der Waals surface area (Å²) >= 11 is 0. The molecule has 1 aliphatic heterocycles. The molecule has 0 aromatic heterocycles. The van der Waals surface area contributed by atoms with Crippen molar-refractivity contribution in [2.75, 3.05) is 39.8 Å². The van der Waals surface area contributed by atoms with E-state index in [1.165, 1.54) is 32.4 Å². The number of piperidine rings is 1. The first kappa shape index (κ1) is 26.7. The molecule has 2 rings (SSSR count). The minimum absolute atomic E-state index is 0. The molecule has 30 heavy (non-hydrogen) atoms. The van der Waals surface area contributed by atoms with Crippen LogP contribution in [-0.4, -0.2) is 57.3 Å². The molecule has 172 valence electrons. The van der Waals surface area contributed by atoms with Crippen molar-refractivity contribution < 1.29 is 18.3 Å². The van der Waals surface area contributed by atoms with Gasteiger partial charge in [-0.25, -0.2) is 0 Å². The number of hydrogen-bond donors (Lipinski definition) is 2. The minimum Gasteiger partial charge on any atom is -0.490 e. The molecule has 0 aliphatic carbocycles. The molecule has 1 unspecified atom stereocenters. The Balaban J connectivity index is 0.00000450. The average molecular weight is 540 g/mol. The fourth-order valence-corrected chi connectivity index (χ4v) is 3.51. The summed E-state index contributed by atoms with van der Waals surface area (Å²) in [6.07, 6.45) is 3.90. The highest BCUT2D eigenvalue weighted by Gasteiger charge is 2.17. The number of likely N-dealkylation sites (tertiary alicyclic amines) is 1. The highest BCUT2D eigenvalue weighted by atomic mass is 127. The first-order valence-corrected chi connectivity index (χ1v) is 10.4. The fraction of sp³-hybridized carbons (Fsp3) is 0.667. The van der Waals surface area contributed by atoms with Gasteiger partial charge in [-0.15, -0.1) is 24.0 Å². The fourth-order valence-electron chi connectivity index (χ4n) is 3.51. The number of halogens is 3. The molecule has 1 saturated heterocycles. The second-order valence-corrected chi connectivity index (χ2v) is 7.33. The molecular formula is C21H35F2IN4O2. The lowest BCUT2D eigenvalue weighted by Crippen LogP contribution is -2.42. The van der Waals surface area contributed by atoms with Crippen molar-refractivity contribution in [1.82, 2.24) is 15.5 Å². The number of ether oxygens (including phenoxy) is 2. The van der Waals surface area contributed by atoms with E-state index in [2.05, 4.69) is 27.4 Å². The number of alkyl halides is 2. The molecular weight excluding hydrogens is 505 g/mol. The van der Waals surface area contributed by atoms with Gasteiger partial charge >= 0.3 is 6.61 Å². The van der Waals surface area contributed by atoms with Crippen LogP contribution in [0.2, 0.25) is 0 Å². The Bertz CT molecular complexity index is 643. The maximum atomic E-state index is 12.8. The SMILES string of the molecule is CCOc1cccc(CNC(=NC)NCC(C)CN2CCCCC2)c1OC(F)F.I. The zero-order chi connectivity index (χ0) is 21.1. The summed E-state index contributed by atoms with van der Waals surface area (Å²) in [7, 11) is 1.69. The Morgan fingerprint density at radius 2 is 1.93 bits per heavy atom. The first-order chi connectivity index (χ1) is 14.0. The van der Waals surface area contributed by atoms with Crippen molar-refractivity contribution in [2.45, 2.75) is 46.3 Å². The third kappa shape index (κ3) is 9.20. The van der Waals surface area contributed by atoms with Crippen molar-refractivity contribution in [2.24, 2.45) is 10.9 Å². The van der Waals surface area contributed by atoms with E-state index in [0.717, 1.165) is 13.1 Å². The van der Waals surface area contributed by atoms with Crippen LogP contribution in [0.3, 0.4) is 0 Å². The lowest BCUT2D eigenvalue weighted by molar-refractivity contribution is -0.0520. The Morgan fingerprint density at radius 1 is 1.20 bits per heavy atom. The zero-order valence-corrected chi connectivity index (χ0v) is 20.5. The summed E-state index contributed by atoms with van der Waals surface area (Å²) in [5.74, 6) is 1.47. The number of guanidine groups is 1. The quantitative estimate of drug-likeness (QED) is 0.266. The van der Waals surface area contributed by atoms with E-state index in [-0.39, 0.29) is 29.7 Å². The predicted molar refractivity (Wildman–Crippen MR) is 127 cm³/mol. The Kier molecular flexibility index (Phi) is 13.0. The first-order valence-electron chi connectivity index (χ1n) is 10.4. The summed E-state index contributed by atoms with van der Waals surface area (Å²) < 4.78 is 35.8. The molecule has 1 aromatic carbocycles. The third-order valence-electron chi connectivity index (χ3n) is 4.87. The molecule has 0 radical (unpaired) electrons. The topological polar surface area (TPSA) is 58.1 Å². The largest absolute Gasteiger partial charge is 0.490 e. The molecule has 1 aliphatic rings. The van der Waals surface area contributed by atoms with Crippen LogP contribution in [-0.2, 0) is 6.54 Å². The Hall–Kier alpha value is -1.36. The van der Waals surface area contributed by atoms with E-state index in [1.54, 1.807) is 32.2 Å². The number of para-hydroxylation sites is 1. The maximum absolute atomic E-state index is 12.8. The van der Waals surface area contributed by atoms with Crippen molar-refractivity contribution in [3.8, 4) is 11.5 Å². The van der Waals surface area contributed by atoms with Gasteiger partial charge in [-0.3, -0.25) is 4.99 Å². The molecule has 0 bridgehead atoms. The zero-order valence-electron chi connectivity index (χ0n) is 18.1. The van der Waals surface area contributed by atoms with Gasteiger partial charge in [0.05, 0.1) is 6.61 Å². The van der Waals surface area contributed by atoms with Crippen LogP contribution in [0.5, 0.6) is 11.5 Å². The summed E-state index contributed by atoms with van der Waals surface area (Å²) in [5.41, 5.74) is 0.584. The van der Waals surface area contributed by atoms with Gasteiger partial charge in [0, 0.05) is 32.2 Å². The van der Waals surface area contributed by atoms with Gasteiger partial charge < -0.3 is 25.0 Å². The van der Waals surface area contributed by atoms with Gasteiger partial charge in [-0.05, 0) is 44.8 Å². The molecule has 0 saturated carbocycles. The lowest BCUT2D eigenvalue weighted by atomic mass is 10.1. The van der Waals surface area contributed by atoms with Crippen LogP contribution in [0.4, 0.5) is 8.78 Å². The van der Waals surface area contributed by atoms with Crippen molar-refractivity contribution in [3.63, 3.8) is 0 Å². The summed E-state index contributed by atoms with van der Waals surface area (Å²) in [6, 6.07) is 5.12. The molecule has 0 amide bonds. The monoisotopic (exact) mass is 540 g/mol. The van der Waals surface area contributed by atoms with Gasteiger partial charge in [0.1, 0.15) is 0 Å². The minimum atomic E-state index is -2.91. The van der Waals surface area contributed by atoms with E-state index >= 15 is 0 Å². The highest BCUT2D eigenvalue weighted by molar-refractivity contribution is 14.0. The molecule has 2 N–H and O–H groups in total. The Morgan fingerprint density at radius 3 is 2.57 bits per heavy atom. The van der Waals surface area contributed by atoms with Crippen molar-refractivity contribution in [1.29, 1.82) is 0 Å². The molecule has 9 heteroatoms. The van der Waals surface area contributed by atoms with Crippen LogP contribution < -0.4 is 20.1 Å². The Labute approximate surface area is 195 Å². The van der Waals surface area contributed by atoms with Gasteiger partial charge in [-0.2, -0.15) is 8.78 Å². The van der Waals surface area contributed by atoms with E-state index in [1.807, 2.05) is 0 Å². The van der Waals surface area contributed by atoms with Crippen LogP contribution >= 0.6 is 24.0 Å². The lowest BCUT2D eigenvalue weighted by Gasteiger charge is -2.29. The summed E-state index contributed by atoms with van der Waals surface area (Å²) in [6.45, 7) is 5.98. The molecule has 1 fully saturated rings. The van der Waals surface area contributed by atoms with E-state index < -0.39 is 6.61 Å². The summed E-state index contributed by atoms with van der Waals surface area (Å²) in [4.78, 5) is 6.74. The van der Waals surface area contributed by atoms with Crippen molar-refractivity contribution in [3.05, 3.63) is 23.8 Å². The molecule has 6 nitrogen and oxygen atoms in total. The number of rotatable bonds is 10. The molecule has 1 atom stereocenters. The normalized spacial score (nSPS) is 16.0. The van der Waals surface area contributed by atoms with Crippen LogP contribution in [0.15, 0.2) is 23.2 Å². The van der Waals surface area contributed by atoms with Crippen LogP contribution in [0, 0.1) is 5.92 Å². The number of aliphatic imine (C=N–C) groups is 1. The molecule has 1 heterocycles. The van der Waals surface area contributed by atoms with Gasteiger partial charge in [0.2, 0.25) is 0 Å². The standard InChI is InChI=1S/C21H34F2N4O2.HI/c1-4-28-18-10-8-9-17(19(18)29-20(22)23)14-26-21(24-3)25-13-16(2)15-27-11-6-5-7-12-27;/h8-10,16,20H,4-7,11-15H2,1-3H3,(H2,24,25,26);1H. The van der Waals surface area contributed by atoms with Crippen molar-refractivity contribution >= 4 is 29.9 Å². The van der Waals surface area contributed by atoms with E-state index in [9.17, 15) is 8.78 Å². The molecule has 0 spiro atoms. The van der Waals surface area contributed by atoms with Gasteiger partial charge in [-0.1, -0.05) is 25.5 Å². The predicted octanol–water partition coefficient (Wildman–Crippen LogP) is 4.09. The van der Waals surface area contributed by atoms with Crippen LogP contribution in [0.1, 0.15) is 38.7 Å². The number of benzene rings is 1. The maximum Gasteiger partial charge on any atom is 0.387 e. The van der Waals surface area contributed by atoms with E-state index in [0.29, 0.717) is 36.3 Å². The number of hydrogen-bond acceptors (Lipinski definition) is 4. The number of nitrogens with one attached hydrogen (secondary N) is 2. The highest BCUT2D eigenvalue weighted by Crippen LogP contribution is 2.32. The van der Waals surface area contributed by atoms with Gasteiger partial charge in [0.25, 0.3) is 0 Å². The number of nitrogens with zero attached hydrogens (tertiary/aromatic N) is 2. The smallest absolute Gasteiger partial charge is 0.387 e. The van der Waals surface area contributed by atoms with Gasteiger partial charge in [0.15, 0.2) is 17.5 Å².